The summed E-state index contributed by atoms with van der Waals surface area (Å²) in [6.45, 7) is 9.18. The number of hydrogen-bond donors (Lipinski definition) is 0. The van der Waals surface area contributed by atoms with E-state index in [4.69, 9.17) is 14.7 Å². The Morgan fingerprint density at radius 1 is 0.806 bits per heavy atom. The number of halogens is 2. The first-order valence-corrected chi connectivity index (χ1v) is 13.0. The van der Waals surface area contributed by atoms with Gasteiger partial charge in [0.25, 0.3) is 6.43 Å². The highest BCUT2D eigenvalue weighted by molar-refractivity contribution is 5.77. The van der Waals surface area contributed by atoms with Crippen LogP contribution in [0.15, 0.2) is 24.3 Å². The van der Waals surface area contributed by atoms with E-state index in [2.05, 4.69) is 26.7 Å². The van der Waals surface area contributed by atoms with E-state index >= 15 is 0 Å². The molecule has 2 aliphatic rings. The second kappa shape index (κ2) is 11.4. The van der Waals surface area contributed by atoms with Crippen molar-refractivity contribution in [2.45, 2.75) is 39.0 Å². The molecule has 0 saturated carbocycles. The van der Waals surface area contributed by atoms with Crippen LogP contribution in [0.1, 0.15) is 44.9 Å². The lowest BCUT2D eigenvalue weighted by atomic mass is 10.2. The monoisotopic (exact) mass is 500 g/mol. The summed E-state index contributed by atoms with van der Waals surface area (Å²) in [6.07, 6.45) is 2.24. The maximum atomic E-state index is 14.1. The van der Waals surface area contributed by atoms with Crippen LogP contribution in [0.4, 0.5) is 20.7 Å². The van der Waals surface area contributed by atoms with E-state index in [0.29, 0.717) is 49.2 Å². The van der Waals surface area contributed by atoms with E-state index in [0.717, 1.165) is 32.7 Å². The van der Waals surface area contributed by atoms with Crippen LogP contribution < -0.4 is 9.80 Å². The Labute approximate surface area is 210 Å². The van der Waals surface area contributed by atoms with E-state index in [1.165, 1.54) is 30.3 Å². The van der Waals surface area contributed by atoms with E-state index < -0.39 is 6.43 Å². The van der Waals surface area contributed by atoms with Gasteiger partial charge in [-0.15, -0.1) is 0 Å². The van der Waals surface area contributed by atoms with Gasteiger partial charge < -0.3 is 14.5 Å². The minimum atomic E-state index is -2.76. The molecule has 36 heavy (non-hydrogen) atoms. The summed E-state index contributed by atoms with van der Waals surface area (Å²) >= 11 is 0. The highest BCUT2D eigenvalue weighted by Crippen LogP contribution is 2.28. The summed E-state index contributed by atoms with van der Waals surface area (Å²) < 4.78 is 35.0. The first-order valence-electron chi connectivity index (χ1n) is 13.0. The number of rotatable bonds is 9. The lowest BCUT2D eigenvalue weighted by molar-refractivity contribution is 0.122. The quantitative estimate of drug-likeness (QED) is 0.412. The third kappa shape index (κ3) is 5.41. The van der Waals surface area contributed by atoms with Gasteiger partial charge in [-0.3, -0.25) is 9.47 Å². The number of nitrogens with zero attached hydrogens (tertiary/aromatic N) is 8. The van der Waals surface area contributed by atoms with E-state index in [1.54, 1.807) is 24.3 Å². The largest absolute Gasteiger partial charge is 0.378 e. The Morgan fingerprint density at radius 2 is 1.47 bits per heavy atom. The van der Waals surface area contributed by atoms with Gasteiger partial charge in [-0.05, 0) is 25.1 Å². The normalized spacial score (nSPS) is 17.4. The highest BCUT2D eigenvalue weighted by Gasteiger charge is 2.26. The van der Waals surface area contributed by atoms with Gasteiger partial charge in [-0.1, -0.05) is 38.3 Å². The van der Waals surface area contributed by atoms with Crippen molar-refractivity contribution in [2.24, 2.45) is 0 Å². The molecule has 0 atom stereocenters. The first kappa shape index (κ1) is 24.8. The third-order valence-electron chi connectivity index (χ3n) is 6.86. The fourth-order valence-corrected chi connectivity index (χ4v) is 4.82. The molecule has 2 aliphatic heterocycles. The Balaban J connectivity index is 1.46. The zero-order chi connectivity index (χ0) is 24.9. The van der Waals surface area contributed by atoms with Crippen molar-refractivity contribution in [2.75, 3.05) is 68.8 Å². The van der Waals surface area contributed by atoms with Gasteiger partial charge in [0, 0.05) is 39.3 Å². The standard InChI is InChI=1S/C25H34F2N8O/c1-2-3-4-7-10-32-11-13-33(14-12-32)23-29-24(34-15-17-36-18-16-34)31-25(30-23)35-20-9-6-5-8-19(20)28-22(35)21(26)27/h5-6,8-9,21H,2-4,7,10-18H2,1H3. The first-order chi connectivity index (χ1) is 17.6. The molecule has 2 fully saturated rings. The van der Waals surface area contributed by atoms with Gasteiger partial charge >= 0.3 is 0 Å². The van der Waals surface area contributed by atoms with Gasteiger partial charge in [-0.25, -0.2) is 13.8 Å². The number of ether oxygens (including phenoxy) is 1. The molecule has 0 radical (unpaired) electrons. The Kier molecular flexibility index (Phi) is 7.86. The lowest BCUT2D eigenvalue weighted by Crippen LogP contribution is -2.47. The van der Waals surface area contributed by atoms with Crippen molar-refractivity contribution in [1.29, 1.82) is 0 Å². The Bertz CT molecular complexity index is 1140. The van der Waals surface area contributed by atoms with Crippen LogP contribution in [-0.4, -0.2) is 88.4 Å². The van der Waals surface area contributed by atoms with E-state index in [1.807, 2.05) is 4.90 Å². The molecule has 9 nitrogen and oxygen atoms in total. The van der Waals surface area contributed by atoms with Gasteiger partial charge in [0.2, 0.25) is 17.8 Å². The minimum absolute atomic E-state index is 0.174. The van der Waals surface area contributed by atoms with Crippen LogP contribution >= 0.6 is 0 Å². The molecule has 11 heteroatoms. The van der Waals surface area contributed by atoms with E-state index in [-0.39, 0.29) is 11.8 Å². The molecule has 0 aliphatic carbocycles. The van der Waals surface area contributed by atoms with Crippen molar-refractivity contribution < 1.29 is 13.5 Å². The maximum Gasteiger partial charge on any atom is 0.296 e. The Morgan fingerprint density at radius 3 is 2.17 bits per heavy atom. The summed E-state index contributed by atoms with van der Waals surface area (Å²) in [4.78, 5) is 25.0. The SMILES string of the molecule is CCCCCCN1CCN(c2nc(N3CCOCC3)nc(-n3c(C(F)F)nc4ccccc43)n2)CC1. The molecule has 0 amide bonds. The molecule has 194 valence electrons. The summed E-state index contributed by atoms with van der Waals surface area (Å²) in [7, 11) is 0. The molecule has 0 unspecified atom stereocenters. The summed E-state index contributed by atoms with van der Waals surface area (Å²) in [5, 5.41) is 0. The average Bonchev–Trinajstić information content (AvgIpc) is 3.32. The van der Waals surface area contributed by atoms with Crippen LogP contribution in [0.25, 0.3) is 17.0 Å². The molecule has 5 rings (SSSR count). The zero-order valence-electron chi connectivity index (χ0n) is 20.8. The zero-order valence-corrected chi connectivity index (χ0v) is 20.8. The van der Waals surface area contributed by atoms with E-state index in [9.17, 15) is 8.78 Å². The molecule has 3 aromatic rings. The molecule has 2 aromatic heterocycles. The fraction of sp³-hybridized carbons (Fsp3) is 0.600. The van der Waals surface area contributed by atoms with Crippen LogP contribution in [0.5, 0.6) is 0 Å². The number of alkyl halides is 2. The number of imidazole rings is 1. The number of para-hydroxylation sites is 2. The molecule has 1 aromatic carbocycles. The number of piperazine rings is 1. The molecule has 0 bridgehead atoms. The van der Waals surface area contributed by atoms with Crippen molar-refractivity contribution >= 4 is 22.9 Å². The average molecular weight is 501 g/mol. The van der Waals surface area contributed by atoms with Crippen LogP contribution in [-0.2, 0) is 4.74 Å². The van der Waals surface area contributed by atoms with Gasteiger partial charge in [0.15, 0.2) is 5.82 Å². The fourth-order valence-electron chi connectivity index (χ4n) is 4.82. The smallest absolute Gasteiger partial charge is 0.296 e. The number of benzene rings is 1. The van der Waals surface area contributed by atoms with Crippen molar-refractivity contribution in [1.82, 2.24) is 29.4 Å². The molecule has 0 spiro atoms. The predicted octanol–water partition coefficient (Wildman–Crippen LogP) is 3.69. The Hall–Kier alpha value is -2.92. The summed E-state index contributed by atoms with van der Waals surface area (Å²) in [5.41, 5.74) is 1.04. The number of aromatic nitrogens is 5. The van der Waals surface area contributed by atoms with Crippen LogP contribution in [0.2, 0.25) is 0 Å². The second-order valence-corrected chi connectivity index (χ2v) is 9.32. The third-order valence-corrected chi connectivity index (χ3v) is 6.86. The number of unbranched alkanes of at least 4 members (excludes halogenated alkanes) is 3. The van der Waals surface area contributed by atoms with Crippen LogP contribution in [0, 0.1) is 0 Å². The molecule has 2 saturated heterocycles. The summed E-state index contributed by atoms with van der Waals surface area (Å²) in [6, 6.07) is 7.08. The van der Waals surface area contributed by atoms with Crippen molar-refractivity contribution in [3.63, 3.8) is 0 Å². The lowest BCUT2D eigenvalue weighted by Gasteiger charge is -2.35. The maximum absolute atomic E-state index is 14.1. The van der Waals surface area contributed by atoms with Crippen molar-refractivity contribution in [3.05, 3.63) is 30.1 Å². The topological polar surface area (TPSA) is 75.4 Å². The van der Waals surface area contributed by atoms with Gasteiger partial charge in [-0.2, -0.15) is 15.0 Å². The van der Waals surface area contributed by atoms with Crippen molar-refractivity contribution in [3.8, 4) is 5.95 Å². The molecular formula is C25H34F2N8O. The number of hydrogen-bond acceptors (Lipinski definition) is 8. The molecule has 0 N–H and O–H groups in total. The highest BCUT2D eigenvalue weighted by atomic mass is 19.3. The second-order valence-electron chi connectivity index (χ2n) is 9.32. The predicted molar refractivity (Wildman–Crippen MR) is 135 cm³/mol. The molecule has 4 heterocycles. The number of anilines is 2. The number of fused-ring (bicyclic) bond motifs is 1. The van der Waals surface area contributed by atoms with Gasteiger partial charge in [0.05, 0.1) is 24.2 Å². The van der Waals surface area contributed by atoms with Gasteiger partial charge in [0.1, 0.15) is 0 Å². The number of morpholine rings is 1. The molecular weight excluding hydrogens is 466 g/mol. The van der Waals surface area contributed by atoms with Crippen LogP contribution in [0.3, 0.4) is 0 Å². The summed E-state index contributed by atoms with van der Waals surface area (Å²) in [5.74, 6) is 0.814. The minimum Gasteiger partial charge on any atom is -0.378 e.